The molecule has 3 fully saturated rings. The van der Waals surface area contributed by atoms with E-state index in [0.29, 0.717) is 11.5 Å². The molecule has 2 unspecified atom stereocenters. The van der Waals surface area contributed by atoms with Gasteiger partial charge < -0.3 is 10.4 Å². The summed E-state index contributed by atoms with van der Waals surface area (Å²) in [6.07, 6.45) is 5.64. The van der Waals surface area contributed by atoms with Gasteiger partial charge in [0.05, 0.1) is 5.75 Å². The van der Waals surface area contributed by atoms with Crippen molar-refractivity contribution in [3.8, 4) is 5.75 Å². The van der Waals surface area contributed by atoms with Gasteiger partial charge in [-0.2, -0.15) is 0 Å². The lowest BCUT2D eigenvalue weighted by Crippen LogP contribution is -2.57. The fraction of sp³-hybridized carbons (Fsp3) is 0.562. The second-order valence-electron chi connectivity index (χ2n) is 5.99. The molecule has 2 saturated heterocycles. The Labute approximate surface area is 124 Å². The second-order valence-corrected chi connectivity index (χ2v) is 7.04. The summed E-state index contributed by atoms with van der Waals surface area (Å²) in [5, 5.41) is 12.7. The van der Waals surface area contributed by atoms with E-state index in [1.165, 1.54) is 19.3 Å². The number of benzene rings is 1. The largest absolute Gasteiger partial charge is 0.508 e. The van der Waals surface area contributed by atoms with Crippen LogP contribution in [0.3, 0.4) is 0 Å². The molecule has 0 radical (unpaired) electrons. The van der Waals surface area contributed by atoms with Crippen LogP contribution in [-0.2, 0) is 4.79 Å². The van der Waals surface area contributed by atoms with Crippen LogP contribution in [0, 0.1) is 5.92 Å². The van der Waals surface area contributed by atoms with Gasteiger partial charge in [0, 0.05) is 23.4 Å². The number of nitrogens with one attached hydrogen (secondary N) is 1. The maximum atomic E-state index is 11.9. The molecule has 20 heavy (non-hydrogen) atoms. The maximum Gasteiger partial charge on any atom is 0.143 e. The number of fused-ring (bicyclic) bond motifs is 2. The van der Waals surface area contributed by atoms with E-state index in [1.807, 2.05) is 12.1 Å². The molecule has 0 aromatic heterocycles. The molecule has 0 spiro atoms. The number of ketones is 1. The molecule has 1 aromatic rings. The van der Waals surface area contributed by atoms with Crippen LogP contribution in [0.25, 0.3) is 0 Å². The molecule has 108 valence electrons. The third-order valence-corrected chi connectivity index (χ3v) is 5.42. The minimum atomic E-state index is 0.269. The van der Waals surface area contributed by atoms with Gasteiger partial charge >= 0.3 is 0 Å². The van der Waals surface area contributed by atoms with Gasteiger partial charge in [0.15, 0.2) is 0 Å². The van der Waals surface area contributed by atoms with E-state index >= 15 is 0 Å². The first kappa shape index (κ1) is 14.0. The standard InChI is InChI=1S/C16H21NO2S/c18-14-3-5-16(6-4-14)20-10-15(19)2-1-11-7-12-9-13(8-11)17-12/h3-6,11-13,17-18H,1-2,7-10H2. The van der Waals surface area contributed by atoms with Crippen LogP contribution >= 0.6 is 11.8 Å². The molecule has 1 aliphatic carbocycles. The average Bonchev–Trinajstić information content (AvgIpc) is 2.44. The highest BCUT2D eigenvalue weighted by molar-refractivity contribution is 8.00. The predicted molar refractivity (Wildman–Crippen MR) is 81.1 cm³/mol. The number of Topliss-reactive ketones (excluding diaryl/α,β-unsaturated/α-hetero) is 1. The third kappa shape index (κ3) is 3.55. The lowest BCUT2D eigenvalue weighted by Gasteiger charge is -2.46. The first-order chi connectivity index (χ1) is 9.69. The van der Waals surface area contributed by atoms with Crippen molar-refractivity contribution in [2.45, 2.75) is 49.1 Å². The molecule has 0 amide bonds. The Balaban J connectivity index is 1.36. The summed E-state index contributed by atoms with van der Waals surface area (Å²) >= 11 is 1.56. The zero-order valence-electron chi connectivity index (χ0n) is 11.5. The summed E-state index contributed by atoms with van der Waals surface area (Å²) in [5.74, 6) is 1.91. The van der Waals surface area contributed by atoms with Crippen LogP contribution in [0.1, 0.15) is 32.1 Å². The Morgan fingerprint density at radius 2 is 1.85 bits per heavy atom. The Morgan fingerprint density at radius 3 is 2.50 bits per heavy atom. The van der Waals surface area contributed by atoms with E-state index in [-0.39, 0.29) is 5.75 Å². The molecule has 2 atom stereocenters. The summed E-state index contributed by atoms with van der Waals surface area (Å²) in [4.78, 5) is 13.0. The molecule has 2 N–H and O–H groups in total. The molecule has 1 aromatic carbocycles. The van der Waals surface area contributed by atoms with Gasteiger partial charge in [-0.1, -0.05) is 0 Å². The number of phenols is 1. The summed E-state index contributed by atoms with van der Waals surface area (Å²) < 4.78 is 0. The van der Waals surface area contributed by atoms with E-state index in [1.54, 1.807) is 23.9 Å². The zero-order valence-corrected chi connectivity index (χ0v) is 12.4. The highest BCUT2D eigenvalue weighted by Gasteiger charge is 2.37. The molecule has 2 heterocycles. The first-order valence-electron chi connectivity index (χ1n) is 7.38. The number of hydrogen-bond donors (Lipinski definition) is 2. The van der Waals surface area contributed by atoms with E-state index in [4.69, 9.17) is 0 Å². The lowest BCUT2D eigenvalue weighted by atomic mass is 9.74. The Bertz CT molecular complexity index is 458. The molecule has 4 rings (SSSR count). The summed E-state index contributed by atoms with van der Waals surface area (Å²) in [6.45, 7) is 0. The molecule has 3 nitrogen and oxygen atoms in total. The van der Waals surface area contributed by atoms with Crippen molar-refractivity contribution < 1.29 is 9.90 Å². The number of piperidine rings is 1. The number of hydrogen-bond acceptors (Lipinski definition) is 4. The van der Waals surface area contributed by atoms with Crippen LogP contribution in [0.15, 0.2) is 29.2 Å². The van der Waals surface area contributed by atoms with Crippen molar-refractivity contribution in [1.29, 1.82) is 0 Å². The fourth-order valence-corrected chi connectivity index (χ4v) is 4.06. The van der Waals surface area contributed by atoms with Gasteiger partial charge in [0.25, 0.3) is 0 Å². The molecular formula is C16H21NO2S. The van der Waals surface area contributed by atoms with Crippen molar-refractivity contribution >= 4 is 17.5 Å². The van der Waals surface area contributed by atoms with Crippen LogP contribution in [0.4, 0.5) is 0 Å². The maximum absolute atomic E-state index is 11.9. The minimum Gasteiger partial charge on any atom is -0.508 e. The van der Waals surface area contributed by atoms with Gasteiger partial charge in [0.2, 0.25) is 0 Å². The highest BCUT2D eigenvalue weighted by Crippen LogP contribution is 2.35. The van der Waals surface area contributed by atoms with Crippen LogP contribution in [-0.4, -0.2) is 28.7 Å². The van der Waals surface area contributed by atoms with Crippen molar-refractivity contribution in [3.05, 3.63) is 24.3 Å². The Hall–Kier alpha value is -1.00. The van der Waals surface area contributed by atoms with Crippen molar-refractivity contribution in [2.24, 2.45) is 5.92 Å². The predicted octanol–water partition coefficient (Wildman–Crippen LogP) is 2.97. The van der Waals surface area contributed by atoms with Crippen LogP contribution in [0.5, 0.6) is 5.75 Å². The molecule has 2 bridgehead atoms. The Morgan fingerprint density at radius 1 is 1.20 bits per heavy atom. The van der Waals surface area contributed by atoms with Gasteiger partial charge in [-0.25, -0.2) is 0 Å². The number of phenolic OH excluding ortho intramolecular Hbond substituents is 1. The number of carbonyl (C=O) groups excluding carboxylic acids is 1. The molecule has 4 heteroatoms. The van der Waals surface area contributed by atoms with E-state index in [9.17, 15) is 9.90 Å². The second kappa shape index (κ2) is 6.19. The van der Waals surface area contributed by atoms with Crippen molar-refractivity contribution in [1.82, 2.24) is 5.32 Å². The molecule has 2 aliphatic heterocycles. The van der Waals surface area contributed by atoms with Crippen LogP contribution < -0.4 is 5.32 Å². The zero-order chi connectivity index (χ0) is 13.9. The monoisotopic (exact) mass is 291 g/mol. The number of aromatic hydroxyl groups is 1. The highest BCUT2D eigenvalue weighted by atomic mass is 32.2. The SMILES string of the molecule is O=C(CCC1CC2CC(C1)N2)CSc1ccc(O)cc1. The smallest absolute Gasteiger partial charge is 0.143 e. The van der Waals surface area contributed by atoms with Gasteiger partial charge in [-0.3, -0.25) is 4.79 Å². The number of thioether (sulfide) groups is 1. The molecule has 1 saturated carbocycles. The summed E-state index contributed by atoms with van der Waals surface area (Å²) in [7, 11) is 0. The van der Waals surface area contributed by atoms with Crippen molar-refractivity contribution in [3.63, 3.8) is 0 Å². The molecular weight excluding hydrogens is 270 g/mol. The molecule has 3 aliphatic rings. The minimum absolute atomic E-state index is 0.269. The van der Waals surface area contributed by atoms with Gasteiger partial charge in [0.1, 0.15) is 11.5 Å². The summed E-state index contributed by atoms with van der Waals surface area (Å²) in [6, 6.07) is 8.50. The number of rotatable bonds is 6. The van der Waals surface area contributed by atoms with E-state index in [0.717, 1.165) is 35.7 Å². The normalized spacial score (nSPS) is 27.9. The van der Waals surface area contributed by atoms with Crippen LogP contribution in [0.2, 0.25) is 0 Å². The van der Waals surface area contributed by atoms with Crippen molar-refractivity contribution in [2.75, 3.05) is 5.75 Å². The fourth-order valence-electron chi connectivity index (χ4n) is 3.26. The average molecular weight is 291 g/mol. The number of carbonyl (C=O) groups is 1. The van der Waals surface area contributed by atoms with Gasteiger partial charge in [-0.15, -0.1) is 11.8 Å². The van der Waals surface area contributed by atoms with E-state index < -0.39 is 0 Å². The summed E-state index contributed by atoms with van der Waals surface area (Å²) in [5.41, 5.74) is 0. The first-order valence-corrected chi connectivity index (χ1v) is 8.37. The van der Waals surface area contributed by atoms with E-state index in [2.05, 4.69) is 5.32 Å². The third-order valence-electron chi connectivity index (χ3n) is 4.34. The topological polar surface area (TPSA) is 49.3 Å². The quantitative estimate of drug-likeness (QED) is 0.791. The Kier molecular flexibility index (Phi) is 4.32. The van der Waals surface area contributed by atoms with Gasteiger partial charge in [-0.05, 0) is 55.9 Å². The lowest BCUT2D eigenvalue weighted by molar-refractivity contribution is -0.117.